The number of hydrogen-bond acceptors (Lipinski definition) is 3. The summed E-state index contributed by atoms with van der Waals surface area (Å²) in [7, 11) is 0. The zero-order valence-electron chi connectivity index (χ0n) is 32.8. The molecule has 12 rings (SSSR count). The van der Waals surface area contributed by atoms with Gasteiger partial charge >= 0.3 is 0 Å². The Kier molecular flexibility index (Phi) is 7.19. The molecule has 0 unspecified atom stereocenters. The normalized spacial score (nSPS) is 14.2. The van der Waals surface area contributed by atoms with Crippen LogP contribution in [0.1, 0.15) is 47.2 Å². The third kappa shape index (κ3) is 4.88. The Morgan fingerprint density at radius 2 is 0.915 bits per heavy atom. The van der Waals surface area contributed by atoms with Gasteiger partial charge in [0.05, 0.1) is 16.8 Å². The van der Waals surface area contributed by atoms with E-state index in [1.165, 1.54) is 50.1 Å². The number of furan rings is 1. The largest absolute Gasteiger partial charge is 0.456 e. The van der Waals surface area contributed by atoms with Gasteiger partial charge in [0.1, 0.15) is 11.2 Å². The lowest BCUT2D eigenvalue weighted by Crippen LogP contribution is -2.40. The van der Waals surface area contributed by atoms with Crippen molar-refractivity contribution in [1.29, 1.82) is 0 Å². The van der Waals surface area contributed by atoms with Crippen LogP contribution in [0.5, 0.6) is 0 Å². The van der Waals surface area contributed by atoms with Crippen LogP contribution in [0.4, 0.5) is 0 Å². The molecule has 8 aromatic carbocycles. The van der Waals surface area contributed by atoms with Gasteiger partial charge in [0.2, 0.25) is 0 Å². The minimum Gasteiger partial charge on any atom is -0.456 e. The van der Waals surface area contributed by atoms with Gasteiger partial charge in [-0.25, -0.2) is 9.97 Å². The first-order valence-corrected chi connectivity index (χ1v) is 20.4. The Labute approximate surface area is 343 Å². The fourth-order valence-corrected chi connectivity index (χ4v) is 10.2. The van der Waals surface area contributed by atoms with E-state index in [1.807, 2.05) is 24.3 Å². The first-order chi connectivity index (χ1) is 29.0. The summed E-state index contributed by atoms with van der Waals surface area (Å²) in [5.41, 5.74) is 19.0. The van der Waals surface area contributed by atoms with Crippen molar-refractivity contribution >= 4 is 21.9 Å². The monoisotopic (exact) mass is 754 g/mol. The molecular weight excluding hydrogens is 717 g/mol. The second-order valence-corrected chi connectivity index (χ2v) is 16.5. The van der Waals surface area contributed by atoms with Crippen molar-refractivity contribution in [1.82, 2.24) is 9.97 Å². The summed E-state index contributed by atoms with van der Waals surface area (Å²) >= 11 is 0. The minimum absolute atomic E-state index is 0.127. The number of fused-ring (bicyclic) bond motifs is 12. The number of aromatic nitrogens is 2. The van der Waals surface area contributed by atoms with Gasteiger partial charge in [-0.1, -0.05) is 172 Å². The van der Waals surface area contributed by atoms with Gasteiger partial charge in [0.15, 0.2) is 5.82 Å². The molecular formula is C56H38N2O. The lowest BCUT2D eigenvalue weighted by atomic mass is 9.55. The van der Waals surface area contributed by atoms with Gasteiger partial charge in [-0.2, -0.15) is 0 Å². The third-order valence-corrected chi connectivity index (χ3v) is 13.0. The maximum Gasteiger partial charge on any atom is 0.160 e. The molecule has 10 aromatic rings. The predicted octanol–water partition coefficient (Wildman–Crippen LogP) is 14.0. The van der Waals surface area contributed by atoms with Crippen LogP contribution in [-0.4, -0.2) is 9.97 Å². The number of para-hydroxylation sites is 1. The van der Waals surface area contributed by atoms with Crippen molar-refractivity contribution in [3.63, 3.8) is 0 Å². The van der Waals surface area contributed by atoms with Crippen LogP contribution < -0.4 is 0 Å². The average Bonchev–Trinajstić information content (AvgIpc) is 3.82. The van der Waals surface area contributed by atoms with Crippen LogP contribution in [0, 0.1) is 0 Å². The molecule has 1 spiro atoms. The highest BCUT2D eigenvalue weighted by Crippen LogP contribution is 2.62. The quantitative estimate of drug-likeness (QED) is 0.180. The van der Waals surface area contributed by atoms with E-state index >= 15 is 0 Å². The van der Waals surface area contributed by atoms with Gasteiger partial charge in [0.25, 0.3) is 0 Å². The molecule has 0 radical (unpaired) electrons. The Balaban J connectivity index is 1.01. The average molecular weight is 755 g/mol. The zero-order valence-corrected chi connectivity index (χ0v) is 32.8. The Morgan fingerprint density at radius 3 is 1.69 bits per heavy atom. The maximum absolute atomic E-state index is 6.29. The summed E-state index contributed by atoms with van der Waals surface area (Å²) in [6.45, 7) is 4.75. The van der Waals surface area contributed by atoms with Crippen molar-refractivity contribution in [2.24, 2.45) is 0 Å². The molecule has 0 saturated carbocycles. The van der Waals surface area contributed by atoms with Crippen LogP contribution in [-0.2, 0) is 10.8 Å². The van der Waals surface area contributed by atoms with E-state index in [9.17, 15) is 0 Å². The standard InChI is InChI=1S/C56H38N2O/c1-55(2)46-22-9-11-24-48(46)56(49-25-12-10-23-47(49)55)44-21-8-6-19-40(44)43-32-37(28-30-45(43)56)36-17-14-18-38(31-36)51-34-50(35-15-4-3-5-16-35)57-54(58-51)39-27-29-42-41-20-7-13-26-52(41)59-53(42)33-39/h3-34H,1-2H3. The summed E-state index contributed by atoms with van der Waals surface area (Å²) in [6.07, 6.45) is 0. The van der Waals surface area contributed by atoms with E-state index in [4.69, 9.17) is 14.4 Å². The van der Waals surface area contributed by atoms with Gasteiger partial charge < -0.3 is 4.42 Å². The molecule has 3 heteroatoms. The van der Waals surface area contributed by atoms with Crippen LogP contribution in [0.25, 0.3) is 78.1 Å². The lowest BCUT2D eigenvalue weighted by molar-refractivity contribution is 0.563. The van der Waals surface area contributed by atoms with Crippen molar-refractivity contribution in [2.75, 3.05) is 0 Å². The van der Waals surface area contributed by atoms with Crippen molar-refractivity contribution in [2.45, 2.75) is 24.7 Å². The smallest absolute Gasteiger partial charge is 0.160 e. The van der Waals surface area contributed by atoms with E-state index in [2.05, 4.69) is 184 Å². The van der Waals surface area contributed by atoms with Gasteiger partial charge in [-0.3, -0.25) is 0 Å². The van der Waals surface area contributed by atoms with Gasteiger partial charge in [-0.05, 0) is 92.0 Å². The van der Waals surface area contributed by atoms with Crippen LogP contribution in [0.3, 0.4) is 0 Å². The second kappa shape index (κ2) is 12.6. The number of benzene rings is 8. The zero-order chi connectivity index (χ0) is 39.3. The van der Waals surface area contributed by atoms with E-state index < -0.39 is 5.41 Å². The van der Waals surface area contributed by atoms with Crippen molar-refractivity contribution in [3.8, 4) is 56.2 Å². The molecule has 2 aliphatic rings. The molecule has 2 aliphatic carbocycles. The fourth-order valence-electron chi connectivity index (χ4n) is 10.2. The summed E-state index contributed by atoms with van der Waals surface area (Å²) in [4.78, 5) is 10.4. The van der Waals surface area contributed by atoms with Crippen LogP contribution in [0.15, 0.2) is 199 Å². The number of rotatable bonds is 4. The maximum atomic E-state index is 6.29. The van der Waals surface area contributed by atoms with E-state index in [1.54, 1.807) is 0 Å². The SMILES string of the molecule is CC1(C)c2ccccc2C2(c3ccccc3-c3cc(-c4cccc(-c5cc(-c6ccccc6)nc(-c6ccc7c(c6)oc6ccccc67)n5)c4)ccc32)c2ccccc21. The molecule has 0 N–H and O–H groups in total. The predicted molar refractivity (Wildman–Crippen MR) is 240 cm³/mol. The highest BCUT2D eigenvalue weighted by molar-refractivity contribution is 6.05. The van der Waals surface area contributed by atoms with Gasteiger partial charge in [0, 0.05) is 32.9 Å². The van der Waals surface area contributed by atoms with E-state index in [0.29, 0.717) is 5.82 Å². The molecule has 0 aliphatic heterocycles. The van der Waals surface area contributed by atoms with Gasteiger partial charge in [-0.15, -0.1) is 0 Å². The molecule has 0 saturated heterocycles. The lowest BCUT2D eigenvalue weighted by Gasteiger charge is -2.46. The fraction of sp³-hybridized carbons (Fsp3) is 0.0714. The molecule has 3 nitrogen and oxygen atoms in total. The summed E-state index contributed by atoms with van der Waals surface area (Å²) in [6, 6.07) is 70.1. The molecule has 2 aromatic heterocycles. The molecule has 0 bridgehead atoms. The van der Waals surface area contributed by atoms with E-state index in [-0.39, 0.29) is 5.41 Å². The second-order valence-electron chi connectivity index (χ2n) is 16.5. The number of hydrogen-bond donors (Lipinski definition) is 0. The van der Waals surface area contributed by atoms with Crippen molar-refractivity contribution < 1.29 is 4.42 Å². The first-order valence-electron chi connectivity index (χ1n) is 20.4. The van der Waals surface area contributed by atoms with Crippen LogP contribution in [0.2, 0.25) is 0 Å². The molecule has 0 fully saturated rings. The highest BCUT2D eigenvalue weighted by Gasteiger charge is 2.53. The first kappa shape index (κ1) is 33.7. The minimum atomic E-state index is -0.411. The summed E-state index contributed by atoms with van der Waals surface area (Å²) in [5, 5.41) is 2.19. The molecule has 0 amide bonds. The summed E-state index contributed by atoms with van der Waals surface area (Å²) in [5.74, 6) is 0.657. The third-order valence-electron chi connectivity index (χ3n) is 13.0. The van der Waals surface area contributed by atoms with Crippen molar-refractivity contribution in [3.05, 3.63) is 228 Å². The topological polar surface area (TPSA) is 38.9 Å². The molecule has 2 heterocycles. The Morgan fingerprint density at radius 1 is 0.356 bits per heavy atom. The van der Waals surface area contributed by atoms with Crippen LogP contribution >= 0.6 is 0 Å². The highest BCUT2D eigenvalue weighted by atomic mass is 16.3. The molecule has 278 valence electrons. The Bertz CT molecular complexity index is 3270. The van der Waals surface area contributed by atoms with E-state index in [0.717, 1.165) is 55.6 Å². The molecule has 59 heavy (non-hydrogen) atoms. The summed E-state index contributed by atoms with van der Waals surface area (Å²) < 4.78 is 6.29. The Hall–Kier alpha value is -7.36. The molecule has 0 atom stereocenters. The number of nitrogens with zero attached hydrogens (tertiary/aromatic N) is 2.